The lowest BCUT2D eigenvalue weighted by molar-refractivity contribution is -0.143. The molecule has 3 rings (SSSR count). The fraction of sp³-hybridized carbons (Fsp3) is 0.545. The van der Waals surface area contributed by atoms with E-state index >= 15 is 0 Å². The van der Waals surface area contributed by atoms with Crippen LogP contribution in [-0.2, 0) is 20.9 Å². The molecule has 29 heavy (non-hydrogen) atoms. The summed E-state index contributed by atoms with van der Waals surface area (Å²) in [5, 5.41) is 4.06. The molecule has 0 radical (unpaired) electrons. The Kier molecular flexibility index (Phi) is 6.58. The van der Waals surface area contributed by atoms with Gasteiger partial charge in [-0.2, -0.15) is 0 Å². The number of carbonyl (C=O) groups is 2. The van der Waals surface area contributed by atoms with Crippen molar-refractivity contribution in [2.45, 2.75) is 63.8 Å². The molecule has 7 heteroatoms. The predicted molar refractivity (Wildman–Crippen MR) is 117 cm³/mol. The standard InChI is InChI=1S/C22H31N3O3S/c1-15-10-25(11-16(2)28-15)21(27)13-24-12-19(17-8-6-7-9-18(17)24)29-14-20(26)23-22(3,4)5/h6-9,12,15-16H,10-11,13-14H2,1-5H3,(H,23,26)/t15-,16+. The summed E-state index contributed by atoms with van der Waals surface area (Å²) < 4.78 is 7.73. The number of carbonyl (C=O) groups excluding carboxylic acids is 2. The number of nitrogens with one attached hydrogen (secondary N) is 1. The second-order valence-corrected chi connectivity index (χ2v) is 9.80. The number of fused-ring (bicyclic) bond motifs is 1. The molecular weight excluding hydrogens is 386 g/mol. The van der Waals surface area contributed by atoms with E-state index in [1.54, 1.807) is 0 Å². The van der Waals surface area contributed by atoms with Crippen LogP contribution in [0.4, 0.5) is 0 Å². The zero-order valence-electron chi connectivity index (χ0n) is 17.9. The molecule has 1 N–H and O–H groups in total. The maximum atomic E-state index is 12.9. The van der Waals surface area contributed by atoms with E-state index in [1.807, 2.05) is 74.5 Å². The van der Waals surface area contributed by atoms with Crippen LogP contribution in [0.5, 0.6) is 0 Å². The number of aromatic nitrogens is 1. The van der Waals surface area contributed by atoms with E-state index in [0.717, 1.165) is 15.8 Å². The van der Waals surface area contributed by atoms with E-state index < -0.39 is 0 Å². The number of rotatable bonds is 5. The van der Waals surface area contributed by atoms with Gasteiger partial charge in [0.05, 0.1) is 18.0 Å². The first-order valence-electron chi connectivity index (χ1n) is 10.1. The minimum atomic E-state index is -0.246. The van der Waals surface area contributed by atoms with Crippen molar-refractivity contribution in [1.29, 1.82) is 0 Å². The molecule has 0 saturated carbocycles. The average Bonchev–Trinajstić information content (AvgIpc) is 2.95. The summed E-state index contributed by atoms with van der Waals surface area (Å²) in [5.41, 5.74) is 0.763. The molecule has 158 valence electrons. The highest BCUT2D eigenvalue weighted by Gasteiger charge is 2.26. The van der Waals surface area contributed by atoms with Crippen molar-refractivity contribution in [3.63, 3.8) is 0 Å². The summed E-state index contributed by atoms with van der Waals surface area (Å²) in [5.74, 6) is 0.444. The summed E-state index contributed by atoms with van der Waals surface area (Å²) in [6, 6.07) is 8.02. The lowest BCUT2D eigenvalue weighted by atomic mass is 10.1. The number of ether oxygens (including phenoxy) is 1. The van der Waals surface area contributed by atoms with Gasteiger partial charge in [-0.05, 0) is 40.7 Å². The third kappa shape index (κ3) is 5.76. The molecule has 0 aliphatic carbocycles. The summed E-state index contributed by atoms with van der Waals surface area (Å²) in [7, 11) is 0. The molecule has 1 aliphatic rings. The topological polar surface area (TPSA) is 63.6 Å². The van der Waals surface area contributed by atoms with Gasteiger partial charge in [0.15, 0.2) is 0 Å². The first kappa shape index (κ1) is 21.7. The Labute approximate surface area is 177 Å². The quantitative estimate of drug-likeness (QED) is 0.759. The Bertz CT molecular complexity index is 877. The van der Waals surface area contributed by atoms with Crippen LogP contribution in [-0.4, -0.2) is 57.9 Å². The minimum Gasteiger partial charge on any atom is -0.372 e. The molecule has 1 aromatic carbocycles. The maximum absolute atomic E-state index is 12.9. The first-order valence-corrected chi connectivity index (χ1v) is 11.1. The third-order valence-corrected chi connectivity index (χ3v) is 5.75. The number of hydrogen-bond acceptors (Lipinski definition) is 4. The van der Waals surface area contributed by atoms with Crippen LogP contribution in [0.15, 0.2) is 35.4 Å². The Morgan fingerprint density at radius 1 is 1.17 bits per heavy atom. The molecule has 2 atom stereocenters. The molecule has 1 aliphatic heterocycles. The summed E-state index contributed by atoms with van der Waals surface area (Å²) >= 11 is 1.51. The fourth-order valence-corrected chi connectivity index (χ4v) is 4.57. The zero-order valence-corrected chi connectivity index (χ0v) is 18.7. The van der Waals surface area contributed by atoms with Crippen molar-refractivity contribution in [3.05, 3.63) is 30.5 Å². The van der Waals surface area contributed by atoms with Crippen LogP contribution in [0.2, 0.25) is 0 Å². The summed E-state index contributed by atoms with van der Waals surface area (Å²) in [6.45, 7) is 11.4. The van der Waals surface area contributed by atoms with Crippen LogP contribution < -0.4 is 5.32 Å². The number of para-hydroxylation sites is 1. The van der Waals surface area contributed by atoms with Gasteiger partial charge in [0.1, 0.15) is 6.54 Å². The molecule has 6 nitrogen and oxygen atoms in total. The summed E-state index contributed by atoms with van der Waals surface area (Å²) in [4.78, 5) is 28.0. The van der Waals surface area contributed by atoms with E-state index in [0.29, 0.717) is 18.8 Å². The normalized spacial score (nSPS) is 20.1. The van der Waals surface area contributed by atoms with Crippen LogP contribution in [0.3, 0.4) is 0 Å². The molecule has 0 unspecified atom stereocenters. The van der Waals surface area contributed by atoms with E-state index in [1.165, 1.54) is 11.8 Å². The monoisotopic (exact) mass is 417 g/mol. The van der Waals surface area contributed by atoms with E-state index in [-0.39, 0.29) is 36.1 Å². The second kappa shape index (κ2) is 8.79. The van der Waals surface area contributed by atoms with Gasteiger partial charge in [0.2, 0.25) is 11.8 Å². The van der Waals surface area contributed by atoms with Crippen LogP contribution >= 0.6 is 11.8 Å². The molecule has 1 fully saturated rings. The van der Waals surface area contributed by atoms with Gasteiger partial charge in [0, 0.05) is 40.6 Å². The third-order valence-electron chi connectivity index (χ3n) is 4.70. The van der Waals surface area contributed by atoms with Crippen molar-refractivity contribution >= 4 is 34.5 Å². The number of amides is 2. The number of hydrogen-bond donors (Lipinski definition) is 1. The molecule has 1 aromatic heterocycles. The largest absolute Gasteiger partial charge is 0.372 e. The summed E-state index contributed by atoms with van der Waals surface area (Å²) in [6.07, 6.45) is 2.10. The van der Waals surface area contributed by atoms with Crippen molar-refractivity contribution in [2.24, 2.45) is 0 Å². The van der Waals surface area contributed by atoms with E-state index in [2.05, 4.69) is 5.32 Å². The Morgan fingerprint density at radius 3 is 2.48 bits per heavy atom. The van der Waals surface area contributed by atoms with Crippen molar-refractivity contribution in [3.8, 4) is 0 Å². The Morgan fingerprint density at radius 2 is 1.83 bits per heavy atom. The molecule has 0 spiro atoms. The Hall–Kier alpha value is -1.99. The van der Waals surface area contributed by atoms with Crippen LogP contribution in [0.1, 0.15) is 34.6 Å². The predicted octanol–water partition coefficient (Wildman–Crippen LogP) is 3.28. The maximum Gasteiger partial charge on any atom is 0.242 e. The number of morpholine rings is 1. The Balaban J connectivity index is 1.74. The minimum absolute atomic E-state index is 0.00620. The molecule has 1 saturated heterocycles. The van der Waals surface area contributed by atoms with Crippen LogP contribution in [0, 0.1) is 0 Å². The second-order valence-electron chi connectivity index (χ2n) is 8.78. The van der Waals surface area contributed by atoms with Crippen molar-refractivity contribution in [2.75, 3.05) is 18.8 Å². The zero-order chi connectivity index (χ0) is 21.2. The SMILES string of the molecule is C[C@@H]1CN(C(=O)Cn2cc(SCC(=O)NC(C)(C)C)c3ccccc32)C[C@H](C)O1. The van der Waals surface area contributed by atoms with Gasteiger partial charge in [-0.15, -0.1) is 11.8 Å². The van der Waals surface area contributed by atoms with Crippen molar-refractivity contribution < 1.29 is 14.3 Å². The van der Waals surface area contributed by atoms with Gasteiger partial charge in [-0.1, -0.05) is 18.2 Å². The van der Waals surface area contributed by atoms with Crippen molar-refractivity contribution in [1.82, 2.24) is 14.8 Å². The van der Waals surface area contributed by atoms with Gasteiger partial charge >= 0.3 is 0 Å². The highest BCUT2D eigenvalue weighted by molar-refractivity contribution is 8.00. The number of thioether (sulfide) groups is 1. The number of benzene rings is 1. The van der Waals surface area contributed by atoms with Gasteiger partial charge in [0.25, 0.3) is 0 Å². The molecular formula is C22H31N3O3S. The first-order chi connectivity index (χ1) is 13.6. The van der Waals surface area contributed by atoms with Gasteiger partial charge < -0.3 is 19.5 Å². The highest BCUT2D eigenvalue weighted by Crippen LogP contribution is 2.30. The molecule has 2 amide bonds. The molecule has 2 aromatic rings. The molecule has 0 bridgehead atoms. The van der Waals surface area contributed by atoms with Crippen LogP contribution in [0.25, 0.3) is 10.9 Å². The lowest BCUT2D eigenvalue weighted by Crippen LogP contribution is -2.49. The molecule has 2 heterocycles. The van der Waals surface area contributed by atoms with E-state index in [9.17, 15) is 9.59 Å². The highest BCUT2D eigenvalue weighted by atomic mass is 32.2. The van der Waals surface area contributed by atoms with E-state index in [4.69, 9.17) is 4.74 Å². The van der Waals surface area contributed by atoms with Gasteiger partial charge in [-0.25, -0.2) is 0 Å². The fourth-order valence-electron chi connectivity index (χ4n) is 3.68. The smallest absolute Gasteiger partial charge is 0.242 e. The lowest BCUT2D eigenvalue weighted by Gasteiger charge is -2.35. The van der Waals surface area contributed by atoms with Gasteiger partial charge in [-0.3, -0.25) is 9.59 Å². The number of nitrogens with zero attached hydrogens (tertiary/aromatic N) is 2. The average molecular weight is 418 g/mol.